The van der Waals surface area contributed by atoms with E-state index in [0.717, 1.165) is 0 Å². The van der Waals surface area contributed by atoms with Crippen LogP contribution in [0.2, 0.25) is 0 Å². The largest absolute Gasteiger partial charge is 0.508 e. The number of carboxylic acids is 2. The molecule has 0 atom stereocenters. The van der Waals surface area contributed by atoms with Gasteiger partial charge in [-0.05, 0) is 12.1 Å². The maximum Gasteiger partial charge on any atom is 0.342 e. The average Bonchev–Trinajstić information content (AvgIpc) is 2.15. The summed E-state index contributed by atoms with van der Waals surface area (Å²) >= 11 is -4.29. The fourth-order valence-corrected chi connectivity index (χ4v) is 2.81. The molecule has 0 aromatic heterocycles. The number of halogens is 1. The van der Waals surface area contributed by atoms with Gasteiger partial charge >= 0.3 is 31.7 Å². The topological polar surface area (TPSA) is 129 Å². The Morgan fingerprint density at radius 3 is 1.62 bits per heavy atom. The van der Waals surface area contributed by atoms with Crippen molar-refractivity contribution in [3.05, 3.63) is 26.8 Å². The molecule has 1 aromatic carbocycles. The van der Waals surface area contributed by atoms with Crippen LogP contribution in [0.15, 0.2) is 12.1 Å². The monoisotopic (exact) mass is 340 g/mol. The van der Waals surface area contributed by atoms with Gasteiger partial charge in [-0.15, -0.1) is 0 Å². The van der Waals surface area contributed by atoms with Crippen LogP contribution in [0.4, 0.5) is 0 Å². The molecule has 0 aliphatic heterocycles. The number of aromatic hydroxyl groups is 1. The molecule has 86 valence electrons. The van der Waals surface area contributed by atoms with Crippen molar-refractivity contribution in [1.82, 2.24) is 0 Å². The van der Waals surface area contributed by atoms with Crippen molar-refractivity contribution in [3.63, 3.8) is 0 Å². The van der Waals surface area contributed by atoms with Gasteiger partial charge in [0, 0.05) is 0 Å². The van der Waals surface area contributed by atoms with E-state index in [1.807, 2.05) is 0 Å². The zero-order valence-corrected chi connectivity index (χ0v) is 9.66. The molecule has 0 radical (unpaired) electrons. The first-order valence-electron chi connectivity index (χ1n) is 3.73. The molecule has 8 heteroatoms. The summed E-state index contributed by atoms with van der Waals surface area (Å²) in [6.45, 7) is 0. The number of rotatable bonds is 3. The van der Waals surface area contributed by atoms with Gasteiger partial charge in [0.05, 0.1) is 11.1 Å². The van der Waals surface area contributed by atoms with Gasteiger partial charge in [-0.3, -0.25) is 0 Å². The van der Waals surface area contributed by atoms with E-state index in [0.29, 0.717) is 12.1 Å². The first-order chi connectivity index (χ1) is 7.34. The lowest BCUT2D eigenvalue weighted by molar-refractivity contribution is 0.0694. The lowest BCUT2D eigenvalue weighted by Gasteiger charge is -2.03. The highest BCUT2D eigenvalue weighted by Gasteiger charge is 2.23. The molecule has 1 rings (SSSR count). The molecule has 0 bridgehead atoms. The van der Waals surface area contributed by atoms with Gasteiger partial charge in [0.25, 0.3) is 0 Å². The summed E-state index contributed by atoms with van der Waals surface area (Å²) in [5.74, 6) is -3.83. The summed E-state index contributed by atoms with van der Waals surface area (Å²) in [6, 6.07) is 1.40. The molecule has 0 amide bonds. The lowest BCUT2D eigenvalue weighted by atomic mass is 10.1. The Bertz CT molecular complexity index is 500. The quantitative estimate of drug-likeness (QED) is 0.704. The van der Waals surface area contributed by atoms with Crippen LogP contribution in [0.5, 0.6) is 5.75 Å². The van der Waals surface area contributed by atoms with Crippen molar-refractivity contribution in [2.24, 2.45) is 0 Å². The SMILES string of the molecule is O=C(O)c1cc(O)cc(C(=O)O)c1I(=O)=O. The number of hydrogen-bond acceptors (Lipinski definition) is 5. The van der Waals surface area contributed by atoms with Crippen LogP contribution in [-0.2, 0) is 6.14 Å². The van der Waals surface area contributed by atoms with Gasteiger partial charge in [-0.25, -0.2) is 15.7 Å². The van der Waals surface area contributed by atoms with E-state index in [1.54, 1.807) is 0 Å². The Balaban J connectivity index is 3.74. The molecule has 16 heavy (non-hydrogen) atoms. The van der Waals surface area contributed by atoms with E-state index >= 15 is 0 Å². The number of carboxylic acid groups (broad SMARTS) is 2. The predicted octanol–water partition coefficient (Wildman–Crippen LogP) is 1.16. The van der Waals surface area contributed by atoms with Crippen molar-refractivity contribution in [3.8, 4) is 5.75 Å². The summed E-state index contributed by atoms with van der Waals surface area (Å²) in [4.78, 5) is 21.4. The van der Waals surface area contributed by atoms with E-state index in [4.69, 9.17) is 15.3 Å². The molecule has 0 aliphatic rings. The van der Waals surface area contributed by atoms with Gasteiger partial charge in [0.1, 0.15) is 9.32 Å². The minimum absolute atomic E-state index is 0.615. The van der Waals surface area contributed by atoms with Crippen molar-refractivity contribution < 1.29 is 31.0 Å². The number of benzene rings is 1. The van der Waals surface area contributed by atoms with Crippen LogP contribution in [0.1, 0.15) is 20.7 Å². The molecule has 0 spiro atoms. The summed E-state index contributed by atoms with van der Waals surface area (Å²) in [5, 5.41) is 26.5. The molecular formula is C8H5IO7. The number of phenolic OH excluding ortho intramolecular Hbond substituents is 1. The van der Waals surface area contributed by atoms with E-state index in [-0.39, 0.29) is 0 Å². The molecule has 1 aromatic rings. The highest BCUT2D eigenvalue weighted by Crippen LogP contribution is 2.29. The van der Waals surface area contributed by atoms with Gasteiger partial charge in [0.15, 0.2) is 0 Å². The molecule has 0 fully saturated rings. The number of phenols is 1. The summed E-state index contributed by atoms with van der Waals surface area (Å²) < 4.78 is 21.0. The van der Waals surface area contributed by atoms with E-state index in [2.05, 4.69) is 0 Å². The molecule has 3 N–H and O–H groups in total. The number of aromatic carboxylic acids is 2. The zero-order chi connectivity index (χ0) is 12.5. The molecule has 0 aliphatic carbocycles. The van der Waals surface area contributed by atoms with E-state index < -0.39 is 52.2 Å². The van der Waals surface area contributed by atoms with Crippen molar-refractivity contribution in [1.29, 1.82) is 0 Å². The van der Waals surface area contributed by atoms with Crippen molar-refractivity contribution in [2.45, 2.75) is 0 Å². The number of carbonyl (C=O) groups is 2. The maximum atomic E-state index is 10.9. The first-order valence-corrected chi connectivity index (χ1v) is 6.57. The first kappa shape index (κ1) is 12.4. The highest BCUT2D eigenvalue weighted by atomic mass is 127. The predicted molar refractivity (Wildman–Crippen MR) is 56.1 cm³/mol. The smallest absolute Gasteiger partial charge is 0.342 e. The fraction of sp³-hybridized carbons (Fsp3) is 0. The Hall–Kier alpha value is -1.71. The van der Waals surface area contributed by atoms with Crippen LogP contribution in [0.3, 0.4) is 0 Å². The summed E-state index contributed by atoms with van der Waals surface area (Å²) in [5.41, 5.74) is -1.46. The molecule has 0 heterocycles. The van der Waals surface area contributed by atoms with Crippen molar-refractivity contribution >= 4 is 31.7 Å². The third-order valence-electron chi connectivity index (χ3n) is 1.67. The standard InChI is InChI=1S/C8H5IO7/c10-3-1-4(7(11)12)6(9(15)16)5(2-3)8(13)14/h1-2,10H,(H,11,12)(H,13,14). The Kier molecular flexibility index (Phi) is 3.42. The molecular weight excluding hydrogens is 335 g/mol. The Labute approximate surface area is 95.5 Å². The third kappa shape index (κ3) is 2.27. The van der Waals surface area contributed by atoms with Gasteiger partial charge in [-0.1, -0.05) is 0 Å². The second-order valence-corrected chi connectivity index (χ2v) is 5.00. The van der Waals surface area contributed by atoms with Crippen molar-refractivity contribution in [2.75, 3.05) is 0 Å². The van der Waals surface area contributed by atoms with Crippen LogP contribution in [0.25, 0.3) is 0 Å². The Morgan fingerprint density at radius 2 is 1.38 bits per heavy atom. The van der Waals surface area contributed by atoms with Gasteiger partial charge in [-0.2, -0.15) is 0 Å². The average molecular weight is 340 g/mol. The summed E-state index contributed by atoms with van der Waals surface area (Å²) in [7, 11) is 0. The van der Waals surface area contributed by atoms with Crippen LogP contribution in [0, 0.1) is 3.57 Å². The van der Waals surface area contributed by atoms with Crippen LogP contribution < -0.4 is 0 Å². The fourth-order valence-electron chi connectivity index (χ4n) is 1.09. The van der Waals surface area contributed by atoms with Gasteiger partial charge < -0.3 is 15.3 Å². The molecule has 0 saturated heterocycles. The molecule has 7 nitrogen and oxygen atoms in total. The number of hydrogen-bond donors (Lipinski definition) is 3. The van der Waals surface area contributed by atoms with Gasteiger partial charge in [0.2, 0.25) is 0 Å². The maximum absolute atomic E-state index is 10.9. The van der Waals surface area contributed by atoms with E-state index in [9.17, 15) is 15.7 Å². The van der Waals surface area contributed by atoms with E-state index in [1.165, 1.54) is 0 Å². The van der Waals surface area contributed by atoms with Crippen LogP contribution >= 0.6 is 19.8 Å². The second-order valence-electron chi connectivity index (χ2n) is 2.68. The second kappa shape index (κ2) is 4.43. The normalized spacial score (nSPS) is 10.3. The zero-order valence-electron chi connectivity index (χ0n) is 7.51. The van der Waals surface area contributed by atoms with Crippen LogP contribution in [-0.4, -0.2) is 27.3 Å². The summed E-state index contributed by atoms with van der Waals surface area (Å²) in [6.07, 6.45) is 0. The third-order valence-corrected chi connectivity index (χ3v) is 3.72. The molecule has 0 saturated carbocycles. The minimum Gasteiger partial charge on any atom is -0.508 e. The molecule has 0 unspecified atom stereocenters. The highest BCUT2D eigenvalue weighted by molar-refractivity contribution is 14.2. The Morgan fingerprint density at radius 1 is 1.00 bits per heavy atom. The lowest BCUT2D eigenvalue weighted by Crippen LogP contribution is -2.07. The minimum atomic E-state index is -4.29.